The van der Waals surface area contributed by atoms with Crippen molar-refractivity contribution in [2.24, 2.45) is 19.1 Å². The molecule has 1 fully saturated rings. The second-order valence-electron chi connectivity index (χ2n) is 13.2. The van der Waals surface area contributed by atoms with Crippen molar-refractivity contribution in [3.05, 3.63) is 101 Å². The number of aromatic nitrogens is 4. The van der Waals surface area contributed by atoms with E-state index in [1.165, 1.54) is 0 Å². The predicted molar refractivity (Wildman–Crippen MR) is 193 cm³/mol. The van der Waals surface area contributed by atoms with Gasteiger partial charge >= 0.3 is 0 Å². The fourth-order valence-electron chi connectivity index (χ4n) is 6.63. The highest BCUT2D eigenvalue weighted by atomic mass is 16.5. The Kier molecular flexibility index (Phi) is 8.94. The number of aryl methyl sites for hydroxylation is 3. The Labute approximate surface area is 294 Å². The lowest BCUT2D eigenvalue weighted by molar-refractivity contribution is -0.116. The Balaban J connectivity index is 0.898. The zero-order valence-electron chi connectivity index (χ0n) is 28.7. The Bertz CT molecular complexity index is 2170. The zero-order chi connectivity index (χ0) is 35.8. The van der Waals surface area contributed by atoms with Crippen LogP contribution in [-0.4, -0.2) is 72.9 Å². The molecular weight excluding hydrogens is 648 g/mol. The lowest BCUT2D eigenvalue weighted by Gasteiger charge is -2.20. The number of carbonyl (C=O) groups excluding carboxylic acids is 4. The third-order valence-corrected chi connectivity index (χ3v) is 9.19. The first-order chi connectivity index (χ1) is 24.5. The summed E-state index contributed by atoms with van der Waals surface area (Å²) in [4.78, 5) is 67.2. The van der Waals surface area contributed by atoms with E-state index in [-0.39, 0.29) is 60.6 Å². The molecule has 0 radical (unpaired) electrons. The number of nitrogens with zero attached hydrogens (tertiary/aromatic N) is 6. The summed E-state index contributed by atoms with van der Waals surface area (Å²) in [5, 5.41) is 5.64. The summed E-state index contributed by atoms with van der Waals surface area (Å²) >= 11 is 0. The smallest absolute Gasteiger partial charge is 0.272 e. The van der Waals surface area contributed by atoms with Gasteiger partial charge in [-0.15, -0.1) is 0 Å². The van der Waals surface area contributed by atoms with Crippen molar-refractivity contribution >= 4 is 53.0 Å². The van der Waals surface area contributed by atoms with Gasteiger partial charge in [0.05, 0.1) is 41.5 Å². The van der Waals surface area contributed by atoms with E-state index in [4.69, 9.17) is 4.74 Å². The van der Waals surface area contributed by atoms with Crippen LogP contribution in [0.5, 0.6) is 5.75 Å². The molecule has 260 valence electrons. The van der Waals surface area contributed by atoms with E-state index in [2.05, 4.69) is 32.2 Å². The van der Waals surface area contributed by atoms with E-state index in [9.17, 15) is 19.2 Å². The molecule has 5 heterocycles. The Morgan fingerprint density at radius 3 is 2.76 bits per heavy atom. The van der Waals surface area contributed by atoms with Gasteiger partial charge in [-0.3, -0.25) is 29.2 Å². The highest BCUT2D eigenvalue weighted by Crippen LogP contribution is 2.35. The number of aliphatic imine (C=N–C) groups is 1. The number of imidazole rings is 1. The number of benzene rings is 1. The van der Waals surface area contributed by atoms with Crippen LogP contribution in [-0.2, 0) is 31.7 Å². The maximum atomic E-state index is 13.2. The van der Waals surface area contributed by atoms with Crippen LogP contribution in [0.2, 0.25) is 0 Å². The summed E-state index contributed by atoms with van der Waals surface area (Å²) in [6.07, 6.45) is 12.9. The van der Waals surface area contributed by atoms with Crippen LogP contribution in [0.4, 0.5) is 17.2 Å². The van der Waals surface area contributed by atoms with E-state index in [0.29, 0.717) is 53.3 Å². The number of allylic oxidation sites excluding steroid dienone is 1. The van der Waals surface area contributed by atoms with Crippen molar-refractivity contribution in [2.75, 3.05) is 23.8 Å². The van der Waals surface area contributed by atoms with E-state index in [0.717, 1.165) is 28.8 Å². The molecule has 0 unspecified atom stereocenters. The van der Waals surface area contributed by atoms with Gasteiger partial charge in [-0.05, 0) is 54.7 Å². The number of pyridine rings is 1. The molecule has 0 bridgehead atoms. The van der Waals surface area contributed by atoms with Crippen molar-refractivity contribution in [3.63, 3.8) is 0 Å². The first-order valence-electron chi connectivity index (χ1n) is 16.8. The number of amides is 3. The number of anilines is 2. The molecule has 0 spiro atoms. The van der Waals surface area contributed by atoms with Crippen LogP contribution in [0.3, 0.4) is 0 Å². The van der Waals surface area contributed by atoms with Gasteiger partial charge in [-0.1, -0.05) is 24.3 Å². The number of ether oxygens (including phenoxy) is 1. The molecule has 1 saturated heterocycles. The van der Waals surface area contributed by atoms with Gasteiger partial charge in [0.15, 0.2) is 11.6 Å². The van der Waals surface area contributed by atoms with Gasteiger partial charge in [0.25, 0.3) is 11.8 Å². The van der Waals surface area contributed by atoms with Gasteiger partial charge in [-0.2, -0.15) is 0 Å². The zero-order valence-corrected chi connectivity index (χ0v) is 28.7. The van der Waals surface area contributed by atoms with Gasteiger partial charge < -0.3 is 29.4 Å². The van der Waals surface area contributed by atoms with Gasteiger partial charge in [-0.25, -0.2) is 4.98 Å². The van der Waals surface area contributed by atoms with E-state index in [1.54, 1.807) is 71.1 Å². The first-order valence-corrected chi connectivity index (χ1v) is 16.8. The number of ketones is 1. The Morgan fingerprint density at radius 2 is 1.92 bits per heavy atom. The minimum absolute atomic E-state index is 0.0259. The average Bonchev–Trinajstić information content (AvgIpc) is 3.87. The fourth-order valence-corrected chi connectivity index (χ4v) is 6.63. The van der Waals surface area contributed by atoms with Crippen LogP contribution in [0.25, 0.3) is 6.08 Å². The summed E-state index contributed by atoms with van der Waals surface area (Å²) in [6, 6.07) is 7.07. The summed E-state index contributed by atoms with van der Waals surface area (Å²) in [5.41, 5.74) is 6.56. The molecular formula is C38H38N8O5. The topological polar surface area (TPSA) is 153 Å². The highest BCUT2D eigenvalue weighted by molar-refractivity contribution is 6.04. The standard InChI is InChI=1S/C38H38N8O5/c1-22-11-27-18-40-30-16-33(23(2)12-28(30)38(50)46(27)19-22)51-10-6-9-35(48)42-34-21-45(4)36(43-34)32(47)14-24-13-31(44(3)20-24)37(49)41-26-15-25-7-5-8-29(25)39-17-26/h5,7,12-13,15-18,20-21,27H,1,6,8-11,14,19H2,2-4H3,(H,41,49)(H,42,48)/t27-/m0/s1. The normalized spacial score (nSPS) is 15.7. The molecule has 4 aromatic rings. The van der Waals surface area contributed by atoms with Crippen molar-refractivity contribution in [3.8, 4) is 5.75 Å². The van der Waals surface area contributed by atoms with E-state index >= 15 is 0 Å². The molecule has 1 atom stereocenters. The van der Waals surface area contributed by atoms with Gasteiger partial charge in [0.2, 0.25) is 11.7 Å². The molecule has 3 amide bonds. The largest absolute Gasteiger partial charge is 0.493 e. The average molecular weight is 687 g/mol. The molecule has 2 N–H and O–H groups in total. The number of nitrogens with one attached hydrogen (secondary N) is 2. The van der Waals surface area contributed by atoms with Crippen molar-refractivity contribution in [1.82, 2.24) is 24.0 Å². The third kappa shape index (κ3) is 7.00. The number of Topliss-reactive ketones (excluding diaryl/α,β-unsaturated/α-hetero) is 1. The molecule has 13 nitrogen and oxygen atoms in total. The van der Waals surface area contributed by atoms with Crippen LogP contribution >= 0.6 is 0 Å². The number of rotatable bonds is 11. The molecule has 3 aliphatic rings. The van der Waals surface area contributed by atoms with E-state index in [1.807, 2.05) is 25.1 Å². The SMILES string of the molecule is C=C1C[C@H]2C=Nc3cc(OCCCC(=O)Nc4cn(C)c(C(=O)Cc5cc(C(=O)Nc6cnc7c(c6)C=CC7)n(C)c5)n4)c(C)cc3C(=O)N2C1. The highest BCUT2D eigenvalue weighted by Gasteiger charge is 2.34. The second kappa shape index (κ2) is 13.7. The number of hydrogen-bond acceptors (Lipinski definition) is 8. The molecule has 2 aliphatic heterocycles. The van der Waals surface area contributed by atoms with Crippen LogP contribution in [0.1, 0.15) is 73.1 Å². The van der Waals surface area contributed by atoms with Gasteiger partial charge in [0.1, 0.15) is 11.4 Å². The van der Waals surface area contributed by atoms with Crippen molar-refractivity contribution in [1.29, 1.82) is 0 Å². The summed E-state index contributed by atoms with van der Waals surface area (Å²) in [5.74, 6) is 0.175. The quantitative estimate of drug-likeness (QED) is 0.128. The molecule has 0 saturated carbocycles. The lowest BCUT2D eigenvalue weighted by Crippen LogP contribution is -2.35. The molecule has 1 aromatic carbocycles. The minimum atomic E-state index is -0.307. The number of hydrogen-bond donors (Lipinski definition) is 2. The van der Waals surface area contributed by atoms with E-state index < -0.39 is 0 Å². The fraction of sp³-hybridized carbons (Fsp3) is 0.289. The number of fused-ring (bicyclic) bond motifs is 3. The minimum Gasteiger partial charge on any atom is -0.493 e. The maximum absolute atomic E-state index is 13.2. The lowest BCUT2D eigenvalue weighted by atomic mass is 10.1. The summed E-state index contributed by atoms with van der Waals surface area (Å²) in [7, 11) is 3.44. The van der Waals surface area contributed by atoms with Crippen LogP contribution < -0.4 is 15.4 Å². The summed E-state index contributed by atoms with van der Waals surface area (Å²) in [6.45, 7) is 6.72. The van der Waals surface area contributed by atoms with Crippen molar-refractivity contribution < 1.29 is 23.9 Å². The van der Waals surface area contributed by atoms with Crippen LogP contribution in [0, 0.1) is 6.92 Å². The molecule has 13 heteroatoms. The predicted octanol–water partition coefficient (Wildman–Crippen LogP) is 4.99. The monoisotopic (exact) mass is 686 g/mol. The third-order valence-electron chi connectivity index (χ3n) is 9.19. The number of carbonyl (C=O) groups is 4. The van der Waals surface area contributed by atoms with Crippen molar-refractivity contribution in [2.45, 2.75) is 45.1 Å². The van der Waals surface area contributed by atoms with Crippen LogP contribution in [0.15, 0.2) is 66.1 Å². The Hall–Kier alpha value is -6.11. The maximum Gasteiger partial charge on any atom is 0.272 e. The molecule has 7 rings (SSSR count). The molecule has 51 heavy (non-hydrogen) atoms. The first kappa shape index (κ1) is 33.4. The summed E-state index contributed by atoms with van der Waals surface area (Å²) < 4.78 is 9.23. The molecule has 3 aromatic heterocycles. The van der Waals surface area contributed by atoms with Gasteiger partial charge in [0, 0.05) is 64.6 Å². The second-order valence-corrected chi connectivity index (χ2v) is 13.2. The molecule has 1 aliphatic carbocycles. The Morgan fingerprint density at radius 1 is 1.08 bits per heavy atom.